The lowest BCUT2D eigenvalue weighted by atomic mass is 9.76. The molecule has 0 aromatic rings. The largest absolute Gasteiger partial charge is 0.0851 e. The molecule has 27 heavy (non-hydrogen) atoms. The first-order chi connectivity index (χ1) is 12.9. The van der Waals surface area contributed by atoms with E-state index >= 15 is 0 Å². The molecule has 2 aliphatic carbocycles. The molecule has 0 amide bonds. The summed E-state index contributed by atoms with van der Waals surface area (Å²) in [6.07, 6.45) is 25.3. The molecule has 2 aliphatic rings. The first-order valence-electron chi connectivity index (χ1n) is 12.3. The Morgan fingerprint density at radius 3 is 2.11 bits per heavy atom. The van der Waals surface area contributed by atoms with Crippen molar-refractivity contribution in [3.8, 4) is 0 Å². The summed E-state index contributed by atoms with van der Waals surface area (Å²) < 4.78 is 0.444. The lowest BCUT2D eigenvalue weighted by Gasteiger charge is -2.31. The molecule has 2 saturated carbocycles. The van der Waals surface area contributed by atoms with Gasteiger partial charge in [0.05, 0.1) is 0 Å². The molecular weight excluding hydrogens is 392 g/mol. The average molecular weight is 440 g/mol. The van der Waals surface area contributed by atoms with E-state index in [4.69, 9.17) is 0 Å². The average Bonchev–Trinajstić information content (AvgIpc) is 3.54. The Balaban J connectivity index is 1.54. The molecule has 0 aliphatic heterocycles. The second-order valence-corrected chi connectivity index (χ2v) is 11.8. The number of alkyl halides is 1. The van der Waals surface area contributed by atoms with E-state index in [2.05, 4.69) is 49.7 Å². The van der Waals surface area contributed by atoms with Gasteiger partial charge in [-0.25, -0.2) is 0 Å². The van der Waals surface area contributed by atoms with Crippen molar-refractivity contribution in [3.05, 3.63) is 11.6 Å². The molecule has 158 valence electrons. The zero-order valence-electron chi connectivity index (χ0n) is 18.9. The molecule has 1 heteroatoms. The number of unbranched alkanes of at least 4 members (excludes halogenated alkanes) is 7. The Morgan fingerprint density at radius 1 is 0.963 bits per heavy atom. The third-order valence-corrected chi connectivity index (χ3v) is 8.60. The third kappa shape index (κ3) is 7.87. The van der Waals surface area contributed by atoms with Crippen molar-refractivity contribution in [1.82, 2.24) is 0 Å². The summed E-state index contributed by atoms with van der Waals surface area (Å²) in [5, 5.41) is 0. The fourth-order valence-corrected chi connectivity index (χ4v) is 6.38. The Hall–Kier alpha value is 0.220. The number of halogens is 1. The van der Waals surface area contributed by atoms with Crippen molar-refractivity contribution in [2.24, 2.45) is 17.3 Å². The van der Waals surface area contributed by atoms with Crippen LogP contribution in [0.1, 0.15) is 130 Å². The summed E-state index contributed by atoms with van der Waals surface area (Å²) >= 11 is 4.16. The number of rotatable bonds is 16. The maximum Gasteiger partial charge on any atom is 0.0298 e. The number of allylic oxidation sites excluding steroid dienone is 2. The van der Waals surface area contributed by atoms with Gasteiger partial charge in [-0.05, 0) is 42.9 Å². The highest BCUT2D eigenvalue weighted by molar-refractivity contribution is 9.10. The van der Waals surface area contributed by atoms with Crippen LogP contribution in [0.15, 0.2) is 11.6 Å². The second kappa shape index (κ2) is 11.4. The van der Waals surface area contributed by atoms with E-state index in [1.807, 2.05) is 0 Å². The van der Waals surface area contributed by atoms with Crippen molar-refractivity contribution in [2.75, 3.05) is 0 Å². The minimum atomic E-state index is 0.371. The number of hydrogen-bond donors (Lipinski definition) is 0. The van der Waals surface area contributed by atoms with E-state index in [9.17, 15) is 0 Å². The first-order valence-corrected chi connectivity index (χ1v) is 13.1. The minimum absolute atomic E-state index is 0.371. The molecule has 0 bridgehead atoms. The SMILES string of the molecule is CC/C=C(\CCC)C(C)(C)C1CC1(Br)CCCCCCCCCCC1CC1. The molecule has 0 saturated heterocycles. The molecular formula is C26H47Br. The topological polar surface area (TPSA) is 0 Å². The van der Waals surface area contributed by atoms with Crippen LogP contribution in [0.5, 0.6) is 0 Å². The van der Waals surface area contributed by atoms with Crippen molar-refractivity contribution in [1.29, 1.82) is 0 Å². The van der Waals surface area contributed by atoms with E-state index < -0.39 is 0 Å². The molecule has 2 unspecified atom stereocenters. The van der Waals surface area contributed by atoms with Crippen LogP contribution in [0.25, 0.3) is 0 Å². The fraction of sp³-hybridized carbons (Fsp3) is 0.923. The van der Waals surface area contributed by atoms with Gasteiger partial charge in [-0.3, -0.25) is 0 Å². The minimum Gasteiger partial charge on any atom is -0.0851 e. The molecule has 2 fully saturated rings. The third-order valence-electron chi connectivity index (χ3n) is 7.33. The Bertz CT molecular complexity index is 445. The molecule has 0 radical (unpaired) electrons. The predicted octanol–water partition coefficient (Wildman–Crippen LogP) is 9.61. The summed E-state index contributed by atoms with van der Waals surface area (Å²) in [6, 6.07) is 0. The van der Waals surface area contributed by atoms with Gasteiger partial charge in [-0.1, -0.05) is 132 Å². The van der Waals surface area contributed by atoms with E-state index in [1.54, 1.807) is 5.57 Å². The summed E-state index contributed by atoms with van der Waals surface area (Å²) in [6.45, 7) is 9.61. The predicted molar refractivity (Wildman–Crippen MR) is 126 cm³/mol. The molecule has 0 heterocycles. The summed E-state index contributed by atoms with van der Waals surface area (Å²) in [5.41, 5.74) is 2.08. The van der Waals surface area contributed by atoms with E-state index in [-0.39, 0.29) is 0 Å². The summed E-state index contributed by atoms with van der Waals surface area (Å²) in [4.78, 5) is 0. The van der Waals surface area contributed by atoms with E-state index in [0.29, 0.717) is 9.74 Å². The second-order valence-electron chi connectivity index (χ2n) is 10.2. The van der Waals surface area contributed by atoms with E-state index in [1.165, 1.54) is 103 Å². The molecule has 0 spiro atoms. The molecule has 2 atom stereocenters. The highest BCUT2D eigenvalue weighted by Gasteiger charge is 2.58. The van der Waals surface area contributed by atoms with Gasteiger partial charge in [-0.2, -0.15) is 0 Å². The maximum atomic E-state index is 4.16. The molecule has 0 aromatic heterocycles. The van der Waals surface area contributed by atoms with Crippen LogP contribution < -0.4 is 0 Å². The lowest BCUT2D eigenvalue weighted by molar-refractivity contribution is 0.348. The zero-order chi connectivity index (χ0) is 19.8. The van der Waals surface area contributed by atoms with Gasteiger partial charge in [0.25, 0.3) is 0 Å². The highest BCUT2D eigenvalue weighted by Crippen LogP contribution is 2.64. The van der Waals surface area contributed by atoms with Gasteiger partial charge >= 0.3 is 0 Å². The van der Waals surface area contributed by atoms with Crippen molar-refractivity contribution in [2.45, 2.75) is 135 Å². The van der Waals surface area contributed by atoms with Crippen LogP contribution in [-0.2, 0) is 0 Å². The van der Waals surface area contributed by atoms with Gasteiger partial charge < -0.3 is 0 Å². The maximum absolute atomic E-state index is 4.16. The smallest absolute Gasteiger partial charge is 0.0298 e. The normalized spacial score (nSPS) is 25.8. The summed E-state index contributed by atoms with van der Waals surface area (Å²) in [5.74, 6) is 1.97. The highest BCUT2D eigenvalue weighted by atomic mass is 79.9. The van der Waals surface area contributed by atoms with Crippen molar-refractivity contribution >= 4 is 15.9 Å². The van der Waals surface area contributed by atoms with Gasteiger partial charge in [-0.15, -0.1) is 0 Å². The van der Waals surface area contributed by atoms with Gasteiger partial charge in [0.2, 0.25) is 0 Å². The summed E-state index contributed by atoms with van der Waals surface area (Å²) in [7, 11) is 0. The van der Waals surface area contributed by atoms with Gasteiger partial charge in [0.1, 0.15) is 0 Å². The van der Waals surface area contributed by atoms with E-state index in [0.717, 1.165) is 11.8 Å². The van der Waals surface area contributed by atoms with Gasteiger partial charge in [0.15, 0.2) is 0 Å². The van der Waals surface area contributed by atoms with Crippen molar-refractivity contribution in [3.63, 3.8) is 0 Å². The van der Waals surface area contributed by atoms with Crippen LogP contribution in [0.2, 0.25) is 0 Å². The number of hydrogen-bond acceptors (Lipinski definition) is 0. The monoisotopic (exact) mass is 438 g/mol. The van der Waals surface area contributed by atoms with Crippen LogP contribution in [-0.4, -0.2) is 4.32 Å². The Labute approximate surface area is 179 Å². The quantitative estimate of drug-likeness (QED) is 0.128. The zero-order valence-corrected chi connectivity index (χ0v) is 20.5. The van der Waals surface area contributed by atoms with Crippen LogP contribution in [0.3, 0.4) is 0 Å². The Morgan fingerprint density at radius 2 is 1.56 bits per heavy atom. The van der Waals surface area contributed by atoms with Crippen molar-refractivity contribution < 1.29 is 0 Å². The Kier molecular flexibility index (Phi) is 9.94. The molecule has 2 rings (SSSR count). The fourth-order valence-electron chi connectivity index (χ4n) is 5.20. The standard InChI is InChI=1S/C26H47Br/c1-5-15-23(16-6-2)25(3,4)24-21-26(24,27)20-14-12-10-8-7-9-11-13-17-22-18-19-22/h15,22,24H,5-14,16-21H2,1-4H3/b23-15+. The van der Waals surface area contributed by atoms with Crippen LogP contribution in [0.4, 0.5) is 0 Å². The lowest BCUT2D eigenvalue weighted by Crippen LogP contribution is -2.22. The first kappa shape index (κ1) is 23.5. The molecule has 0 nitrogen and oxygen atoms in total. The van der Waals surface area contributed by atoms with Crippen LogP contribution in [0, 0.1) is 17.3 Å². The van der Waals surface area contributed by atoms with Crippen LogP contribution >= 0.6 is 15.9 Å². The molecule has 0 aromatic carbocycles. The van der Waals surface area contributed by atoms with Gasteiger partial charge in [0, 0.05) is 4.32 Å². The molecule has 0 N–H and O–H groups in total.